The van der Waals surface area contributed by atoms with Crippen molar-refractivity contribution in [3.63, 3.8) is 0 Å². The fraction of sp³-hybridized carbons (Fsp3) is 0.250. The van der Waals surface area contributed by atoms with Crippen molar-refractivity contribution in [2.24, 2.45) is 5.41 Å². The monoisotopic (exact) mass is 384 g/mol. The number of nitrogens with zero attached hydrogens (tertiary/aromatic N) is 1. The summed E-state index contributed by atoms with van der Waals surface area (Å²) in [6.07, 6.45) is 0. The van der Waals surface area contributed by atoms with Crippen LogP contribution in [0.1, 0.15) is 20.8 Å². The predicted octanol–water partition coefficient (Wildman–Crippen LogP) is 4.41. The first-order valence-electron chi connectivity index (χ1n) is 8.40. The Balaban J connectivity index is 2.02. The summed E-state index contributed by atoms with van der Waals surface area (Å²) in [5.41, 5.74) is 1.57. The normalized spacial score (nSPS) is 11.4. The van der Waals surface area contributed by atoms with Gasteiger partial charge in [-0.25, -0.2) is 9.78 Å². The number of nitrogens with one attached hydrogen (secondary N) is 1. The van der Waals surface area contributed by atoms with E-state index in [0.29, 0.717) is 22.0 Å². The minimum Gasteiger partial charge on any atom is -0.481 e. The number of thiazole rings is 1. The van der Waals surface area contributed by atoms with Gasteiger partial charge in [-0.3, -0.25) is 4.79 Å². The second-order valence-electron chi connectivity index (χ2n) is 7.08. The highest BCUT2D eigenvalue weighted by Gasteiger charge is 2.22. The van der Waals surface area contributed by atoms with Crippen LogP contribution in [-0.4, -0.2) is 28.6 Å². The fourth-order valence-corrected chi connectivity index (χ4v) is 3.33. The van der Waals surface area contributed by atoms with Gasteiger partial charge in [-0.2, -0.15) is 0 Å². The molecule has 1 aromatic heterocycles. The van der Waals surface area contributed by atoms with Gasteiger partial charge in [-0.1, -0.05) is 32.9 Å². The van der Waals surface area contributed by atoms with Gasteiger partial charge in [0.25, 0.3) is 0 Å². The van der Waals surface area contributed by atoms with Gasteiger partial charge in [0.15, 0.2) is 6.61 Å². The SMILES string of the molecule is CC(C)(C)C(=O)Nc1ccc(OCC(=O)O)c(-c2nc3ccccc3s2)c1. The summed E-state index contributed by atoms with van der Waals surface area (Å²) < 4.78 is 6.45. The minimum absolute atomic E-state index is 0.114. The van der Waals surface area contributed by atoms with Crippen molar-refractivity contribution in [1.29, 1.82) is 0 Å². The van der Waals surface area contributed by atoms with Crippen LogP contribution >= 0.6 is 11.3 Å². The molecule has 0 spiro atoms. The number of rotatable bonds is 5. The zero-order valence-electron chi connectivity index (χ0n) is 15.3. The standard InChI is InChI=1S/C20H20N2O4S/c1-20(2,3)19(25)21-12-8-9-15(26-11-17(23)24)13(10-12)18-22-14-6-4-5-7-16(14)27-18/h4-10H,11H2,1-3H3,(H,21,25)(H,23,24). The van der Waals surface area contributed by atoms with Gasteiger partial charge in [-0.15, -0.1) is 11.3 Å². The Hall–Kier alpha value is -2.93. The van der Waals surface area contributed by atoms with E-state index in [1.807, 2.05) is 45.0 Å². The Morgan fingerprint density at radius 2 is 1.93 bits per heavy atom. The van der Waals surface area contributed by atoms with Crippen LogP contribution < -0.4 is 10.1 Å². The highest BCUT2D eigenvalue weighted by molar-refractivity contribution is 7.21. The molecular formula is C20H20N2O4S. The number of aliphatic carboxylic acids is 1. The van der Waals surface area contributed by atoms with E-state index in [9.17, 15) is 9.59 Å². The molecule has 6 nitrogen and oxygen atoms in total. The molecule has 0 saturated carbocycles. The van der Waals surface area contributed by atoms with Gasteiger partial charge < -0.3 is 15.2 Å². The highest BCUT2D eigenvalue weighted by atomic mass is 32.1. The first kappa shape index (κ1) is 18.8. The van der Waals surface area contributed by atoms with Gasteiger partial charge in [-0.05, 0) is 30.3 Å². The smallest absolute Gasteiger partial charge is 0.341 e. The molecule has 0 aliphatic carbocycles. The Labute approximate surface area is 160 Å². The molecule has 0 saturated heterocycles. The second kappa shape index (κ2) is 7.36. The number of para-hydroxylation sites is 1. The number of benzene rings is 2. The lowest BCUT2D eigenvalue weighted by Crippen LogP contribution is -2.27. The Kier molecular flexibility index (Phi) is 5.14. The lowest BCUT2D eigenvalue weighted by atomic mass is 9.95. The van der Waals surface area contributed by atoms with Crippen LogP contribution in [0.5, 0.6) is 5.75 Å². The lowest BCUT2D eigenvalue weighted by Gasteiger charge is -2.18. The molecule has 0 unspecified atom stereocenters. The molecule has 1 amide bonds. The Morgan fingerprint density at radius 1 is 1.19 bits per heavy atom. The molecule has 0 atom stereocenters. The average molecular weight is 384 g/mol. The molecular weight excluding hydrogens is 364 g/mol. The molecule has 140 valence electrons. The maximum Gasteiger partial charge on any atom is 0.341 e. The molecule has 0 aliphatic rings. The summed E-state index contributed by atoms with van der Waals surface area (Å²) in [7, 11) is 0. The summed E-state index contributed by atoms with van der Waals surface area (Å²) in [6, 6.07) is 12.8. The quantitative estimate of drug-likeness (QED) is 0.680. The van der Waals surface area contributed by atoms with Crippen LogP contribution in [0.15, 0.2) is 42.5 Å². The summed E-state index contributed by atoms with van der Waals surface area (Å²) in [5.74, 6) is -0.766. The first-order chi connectivity index (χ1) is 12.7. The number of hydrogen-bond donors (Lipinski definition) is 2. The number of anilines is 1. The van der Waals surface area contributed by atoms with Gasteiger partial charge in [0.05, 0.1) is 15.8 Å². The van der Waals surface area contributed by atoms with Crippen LogP contribution in [0.2, 0.25) is 0 Å². The van der Waals surface area contributed by atoms with Crippen molar-refractivity contribution in [2.75, 3.05) is 11.9 Å². The summed E-state index contributed by atoms with van der Waals surface area (Å²) in [5, 5.41) is 12.5. The van der Waals surface area contributed by atoms with Crippen LogP contribution in [0.3, 0.4) is 0 Å². The fourth-order valence-electron chi connectivity index (χ4n) is 2.35. The number of fused-ring (bicyclic) bond motifs is 1. The topological polar surface area (TPSA) is 88.5 Å². The van der Waals surface area contributed by atoms with Gasteiger partial charge in [0, 0.05) is 11.1 Å². The number of amides is 1. The van der Waals surface area contributed by atoms with Crippen molar-refractivity contribution >= 4 is 39.1 Å². The van der Waals surface area contributed by atoms with Crippen molar-refractivity contribution < 1.29 is 19.4 Å². The zero-order valence-corrected chi connectivity index (χ0v) is 16.1. The number of carbonyl (C=O) groups is 2. The largest absolute Gasteiger partial charge is 0.481 e. The molecule has 27 heavy (non-hydrogen) atoms. The van der Waals surface area contributed by atoms with Crippen molar-refractivity contribution in [3.8, 4) is 16.3 Å². The van der Waals surface area contributed by atoms with E-state index in [-0.39, 0.29) is 5.91 Å². The van der Waals surface area contributed by atoms with E-state index in [1.54, 1.807) is 18.2 Å². The molecule has 0 aliphatic heterocycles. The maximum absolute atomic E-state index is 12.3. The number of carboxylic acid groups (broad SMARTS) is 1. The zero-order chi connectivity index (χ0) is 19.6. The van der Waals surface area contributed by atoms with Crippen molar-refractivity contribution in [2.45, 2.75) is 20.8 Å². The lowest BCUT2D eigenvalue weighted by molar-refractivity contribution is -0.139. The second-order valence-corrected chi connectivity index (χ2v) is 8.11. The number of ether oxygens (including phenoxy) is 1. The number of aromatic nitrogens is 1. The maximum atomic E-state index is 12.3. The highest BCUT2D eigenvalue weighted by Crippen LogP contribution is 2.37. The third-order valence-electron chi connectivity index (χ3n) is 3.79. The number of carboxylic acids is 1. The molecule has 2 N–H and O–H groups in total. The summed E-state index contributed by atoms with van der Waals surface area (Å²) in [4.78, 5) is 27.8. The van der Waals surface area contributed by atoms with Crippen LogP contribution in [0.4, 0.5) is 5.69 Å². The predicted molar refractivity (Wildman–Crippen MR) is 106 cm³/mol. The molecule has 7 heteroatoms. The van der Waals surface area contributed by atoms with E-state index in [0.717, 1.165) is 10.2 Å². The minimum atomic E-state index is -1.06. The van der Waals surface area contributed by atoms with Crippen LogP contribution in [0, 0.1) is 5.41 Å². The third kappa shape index (κ3) is 4.43. The molecule has 0 bridgehead atoms. The Morgan fingerprint density at radius 3 is 2.59 bits per heavy atom. The van der Waals surface area contributed by atoms with E-state index < -0.39 is 18.0 Å². The van der Waals surface area contributed by atoms with Crippen molar-refractivity contribution in [3.05, 3.63) is 42.5 Å². The van der Waals surface area contributed by atoms with E-state index in [4.69, 9.17) is 9.84 Å². The number of carbonyl (C=O) groups excluding carboxylic acids is 1. The molecule has 2 aromatic carbocycles. The van der Waals surface area contributed by atoms with Crippen molar-refractivity contribution in [1.82, 2.24) is 4.98 Å². The van der Waals surface area contributed by atoms with Gasteiger partial charge in [0.2, 0.25) is 5.91 Å². The Bertz CT molecular complexity index is 972. The third-order valence-corrected chi connectivity index (χ3v) is 4.86. The summed E-state index contributed by atoms with van der Waals surface area (Å²) in [6.45, 7) is 5.05. The van der Waals surface area contributed by atoms with E-state index in [2.05, 4.69) is 10.3 Å². The first-order valence-corrected chi connectivity index (χ1v) is 9.22. The number of hydrogen-bond acceptors (Lipinski definition) is 5. The molecule has 3 aromatic rings. The average Bonchev–Trinajstić information content (AvgIpc) is 3.03. The molecule has 0 fully saturated rings. The van der Waals surface area contributed by atoms with Crippen LogP contribution in [0.25, 0.3) is 20.8 Å². The molecule has 1 heterocycles. The summed E-state index contributed by atoms with van der Waals surface area (Å²) >= 11 is 1.48. The van der Waals surface area contributed by atoms with Gasteiger partial charge >= 0.3 is 5.97 Å². The molecule has 3 rings (SSSR count). The van der Waals surface area contributed by atoms with Crippen LogP contribution in [-0.2, 0) is 9.59 Å². The van der Waals surface area contributed by atoms with E-state index >= 15 is 0 Å². The molecule has 0 radical (unpaired) electrons. The van der Waals surface area contributed by atoms with E-state index in [1.165, 1.54) is 11.3 Å². The van der Waals surface area contributed by atoms with Gasteiger partial charge in [0.1, 0.15) is 10.8 Å².